The Morgan fingerprint density at radius 2 is 2.16 bits per heavy atom. The number of H-pyrrole nitrogens is 1. The van der Waals surface area contributed by atoms with Crippen LogP contribution in [0.4, 0.5) is 0 Å². The number of nitrogens with zero attached hydrogens (tertiary/aromatic N) is 1. The molecule has 1 atom stereocenters. The molecule has 1 aromatic rings. The van der Waals surface area contributed by atoms with Gasteiger partial charge in [0, 0.05) is 11.3 Å². The Kier molecular flexibility index (Phi) is 5.88. The highest BCUT2D eigenvalue weighted by molar-refractivity contribution is 7.98. The second kappa shape index (κ2) is 7.18. The van der Waals surface area contributed by atoms with Crippen LogP contribution < -0.4 is 5.32 Å². The van der Waals surface area contributed by atoms with Gasteiger partial charge < -0.3 is 10.4 Å². The first-order valence-corrected chi connectivity index (χ1v) is 7.36. The van der Waals surface area contributed by atoms with Crippen molar-refractivity contribution in [2.75, 3.05) is 12.0 Å². The summed E-state index contributed by atoms with van der Waals surface area (Å²) < 4.78 is 0. The number of aliphatic carboxylic acids is 1. The minimum atomic E-state index is -0.997. The Bertz CT molecular complexity index is 440. The number of carbonyl (C=O) groups is 2. The van der Waals surface area contributed by atoms with Crippen molar-refractivity contribution in [1.29, 1.82) is 0 Å². The average Bonchev–Trinajstić information content (AvgIpc) is 2.66. The summed E-state index contributed by atoms with van der Waals surface area (Å²) in [5.41, 5.74) is 2.43. The average molecular weight is 285 g/mol. The van der Waals surface area contributed by atoms with Crippen molar-refractivity contribution < 1.29 is 14.7 Å². The molecule has 3 N–H and O–H groups in total. The molecule has 1 rings (SSSR count). The van der Waals surface area contributed by atoms with Crippen LogP contribution in [0.15, 0.2) is 0 Å². The third-order valence-electron chi connectivity index (χ3n) is 2.86. The molecule has 7 heteroatoms. The number of aryl methyl sites for hydroxylation is 2. The SMILES string of the molecule is CSCC[C@@H](NC(=O)Cc1c(C)n[nH]c1C)C(=O)O. The molecule has 0 spiro atoms. The second-order valence-corrected chi connectivity index (χ2v) is 5.31. The predicted octanol–water partition coefficient (Wildman–Crippen LogP) is 0.892. The number of rotatable bonds is 7. The number of nitrogens with one attached hydrogen (secondary N) is 2. The van der Waals surface area contributed by atoms with Gasteiger partial charge in [-0.1, -0.05) is 0 Å². The highest BCUT2D eigenvalue weighted by Crippen LogP contribution is 2.10. The maximum atomic E-state index is 11.9. The van der Waals surface area contributed by atoms with Gasteiger partial charge in [0.1, 0.15) is 6.04 Å². The zero-order valence-corrected chi connectivity index (χ0v) is 12.1. The highest BCUT2D eigenvalue weighted by Gasteiger charge is 2.20. The lowest BCUT2D eigenvalue weighted by atomic mass is 10.1. The summed E-state index contributed by atoms with van der Waals surface area (Å²) in [6, 6.07) is -0.826. The molecule has 0 saturated heterocycles. The maximum Gasteiger partial charge on any atom is 0.326 e. The molecule has 0 aliphatic carbocycles. The first-order valence-electron chi connectivity index (χ1n) is 5.97. The number of hydrogen-bond donors (Lipinski definition) is 3. The summed E-state index contributed by atoms with van der Waals surface area (Å²) in [6.07, 6.45) is 2.47. The fraction of sp³-hybridized carbons (Fsp3) is 0.583. The smallest absolute Gasteiger partial charge is 0.326 e. The van der Waals surface area contributed by atoms with Gasteiger partial charge in [-0.2, -0.15) is 16.9 Å². The molecule has 0 unspecified atom stereocenters. The number of thioether (sulfide) groups is 1. The molecule has 1 heterocycles. The molecule has 1 amide bonds. The summed E-state index contributed by atoms with van der Waals surface area (Å²) in [5, 5.41) is 18.4. The molecule has 6 nitrogen and oxygen atoms in total. The lowest BCUT2D eigenvalue weighted by Gasteiger charge is -2.13. The molecule has 0 bridgehead atoms. The minimum absolute atomic E-state index is 0.150. The second-order valence-electron chi connectivity index (χ2n) is 4.33. The van der Waals surface area contributed by atoms with Crippen molar-refractivity contribution >= 4 is 23.6 Å². The number of carbonyl (C=O) groups excluding carboxylic acids is 1. The van der Waals surface area contributed by atoms with E-state index in [-0.39, 0.29) is 12.3 Å². The maximum absolute atomic E-state index is 11.9. The topological polar surface area (TPSA) is 95.1 Å². The Morgan fingerprint density at radius 3 is 2.63 bits per heavy atom. The first kappa shape index (κ1) is 15.6. The Balaban J connectivity index is 2.60. The van der Waals surface area contributed by atoms with E-state index in [1.807, 2.05) is 20.1 Å². The summed E-state index contributed by atoms with van der Waals surface area (Å²) in [6.45, 7) is 3.65. The van der Waals surface area contributed by atoms with Crippen LogP contribution >= 0.6 is 11.8 Å². The Morgan fingerprint density at radius 1 is 1.47 bits per heavy atom. The quantitative estimate of drug-likeness (QED) is 0.691. The number of carboxylic acids is 1. The van der Waals surface area contributed by atoms with E-state index < -0.39 is 12.0 Å². The zero-order valence-electron chi connectivity index (χ0n) is 11.3. The van der Waals surface area contributed by atoms with Crippen LogP contribution in [0.1, 0.15) is 23.4 Å². The molecule has 0 fully saturated rings. The van der Waals surface area contributed by atoms with Crippen LogP contribution in [0.2, 0.25) is 0 Å². The molecule has 0 aromatic carbocycles. The van der Waals surface area contributed by atoms with Gasteiger partial charge >= 0.3 is 5.97 Å². The van der Waals surface area contributed by atoms with Crippen LogP contribution in [0.25, 0.3) is 0 Å². The van der Waals surface area contributed by atoms with Crippen LogP contribution in [0, 0.1) is 13.8 Å². The molecule has 0 aliphatic heterocycles. The zero-order chi connectivity index (χ0) is 14.4. The molecular weight excluding hydrogens is 266 g/mol. The normalized spacial score (nSPS) is 12.2. The van der Waals surface area contributed by atoms with Gasteiger partial charge in [0.25, 0.3) is 0 Å². The Labute approximate surface area is 116 Å². The fourth-order valence-corrected chi connectivity index (χ4v) is 2.20. The number of aromatic nitrogens is 2. The first-order chi connectivity index (χ1) is 8.95. The third-order valence-corrected chi connectivity index (χ3v) is 3.51. The van der Waals surface area contributed by atoms with Gasteiger partial charge in [-0.25, -0.2) is 4.79 Å². The van der Waals surface area contributed by atoms with Gasteiger partial charge in [0.05, 0.1) is 12.1 Å². The largest absolute Gasteiger partial charge is 0.480 e. The van der Waals surface area contributed by atoms with Crippen molar-refractivity contribution in [1.82, 2.24) is 15.5 Å². The van der Waals surface area contributed by atoms with Gasteiger partial charge in [0.15, 0.2) is 0 Å². The molecule has 0 radical (unpaired) electrons. The van der Waals surface area contributed by atoms with E-state index in [1.54, 1.807) is 11.8 Å². The van der Waals surface area contributed by atoms with Gasteiger partial charge in [-0.05, 0) is 32.3 Å². The summed E-state index contributed by atoms with van der Waals surface area (Å²) in [5.74, 6) is -0.592. The number of aromatic amines is 1. The van der Waals surface area contributed by atoms with Crippen LogP contribution in [0.5, 0.6) is 0 Å². The van der Waals surface area contributed by atoms with Crippen LogP contribution in [-0.4, -0.2) is 45.2 Å². The van der Waals surface area contributed by atoms with Crippen molar-refractivity contribution in [2.45, 2.75) is 32.7 Å². The molecule has 106 valence electrons. The van der Waals surface area contributed by atoms with E-state index in [2.05, 4.69) is 15.5 Å². The van der Waals surface area contributed by atoms with Gasteiger partial charge in [-0.15, -0.1) is 0 Å². The van der Waals surface area contributed by atoms with Crippen molar-refractivity contribution in [3.05, 3.63) is 17.0 Å². The molecule has 0 saturated carbocycles. The van der Waals surface area contributed by atoms with Crippen molar-refractivity contribution in [2.24, 2.45) is 0 Å². The molecular formula is C12H19N3O3S. The minimum Gasteiger partial charge on any atom is -0.480 e. The summed E-state index contributed by atoms with van der Waals surface area (Å²) in [4.78, 5) is 22.9. The number of amides is 1. The van der Waals surface area contributed by atoms with Gasteiger partial charge in [-0.3, -0.25) is 9.89 Å². The summed E-state index contributed by atoms with van der Waals surface area (Å²) >= 11 is 1.56. The van der Waals surface area contributed by atoms with Crippen molar-refractivity contribution in [3.8, 4) is 0 Å². The van der Waals surface area contributed by atoms with Crippen LogP contribution in [-0.2, 0) is 16.0 Å². The Hall–Kier alpha value is -1.50. The molecule has 1 aromatic heterocycles. The predicted molar refractivity (Wildman–Crippen MR) is 74.3 cm³/mol. The fourth-order valence-electron chi connectivity index (χ4n) is 1.73. The lowest BCUT2D eigenvalue weighted by Crippen LogP contribution is -2.42. The number of hydrogen-bond acceptors (Lipinski definition) is 4. The van der Waals surface area contributed by atoms with E-state index in [0.717, 1.165) is 17.0 Å². The van der Waals surface area contributed by atoms with Crippen molar-refractivity contribution in [3.63, 3.8) is 0 Å². The molecule has 19 heavy (non-hydrogen) atoms. The van der Waals surface area contributed by atoms with E-state index in [9.17, 15) is 9.59 Å². The number of carboxylic acid groups (broad SMARTS) is 1. The van der Waals surface area contributed by atoms with Gasteiger partial charge in [0.2, 0.25) is 5.91 Å². The van der Waals surface area contributed by atoms with Crippen LogP contribution in [0.3, 0.4) is 0 Å². The van der Waals surface area contributed by atoms with E-state index >= 15 is 0 Å². The third kappa shape index (κ3) is 4.59. The highest BCUT2D eigenvalue weighted by atomic mass is 32.2. The standard InChI is InChI=1S/C12H19N3O3S/c1-7-9(8(2)15-14-7)6-11(16)13-10(12(17)18)4-5-19-3/h10H,4-6H2,1-3H3,(H,13,16)(H,14,15)(H,17,18)/t10-/m1/s1. The summed E-state index contributed by atoms with van der Waals surface area (Å²) in [7, 11) is 0. The van der Waals surface area contributed by atoms with E-state index in [0.29, 0.717) is 12.2 Å². The lowest BCUT2D eigenvalue weighted by molar-refractivity contribution is -0.141. The monoisotopic (exact) mass is 285 g/mol. The molecule has 0 aliphatic rings. The van der Waals surface area contributed by atoms with E-state index in [4.69, 9.17) is 5.11 Å². The van der Waals surface area contributed by atoms with E-state index in [1.165, 1.54) is 0 Å².